The summed E-state index contributed by atoms with van der Waals surface area (Å²) in [6.07, 6.45) is 15.5. The molecule has 4 aromatic rings. The van der Waals surface area contributed by atoms with Crippen molar-refractivity contribution >= 4 is 45.4 Å². The lowest BCUT2D eigenvalue weighted by molar-refractivity contribution is 0.195. The number of para-hydroxylation sites is 2. The molecule has 0 saturated heterocycles. The van der Waals surface area contributed by atoms with Crippen molar-refractivity contribution in [1.82, 2.24) is 4.57 Å². The molecular weight excluding hydrogens is 495 g/mol. The van der Waals surface area contributed by atoms with Gasteiger partial charge in [-0.25, -0.2) is 0 Å². The van der Waals surface area contributed by atoms with Gasteiger partial charge in [0.25, 0.3) is 6.71 Å². The Hall–Kier alpha value is -3.46. The van der Waals surface area contributed by atoms with Crippen LogP contribution >= 0.6 is 0 Å². The molecule has 1 fully saturated rings. The van der Waals surface area contributed by atoms with Gasteiger partial charge in [-0.15, -0.1) is 0 Å². The van der Waals surface area contributed by atoms with E-state index in [1.165, 1.54) is 81.3 Å². The van der Waals surface area contributed by atoms with Gasteiger partial charge in [-0.05, 0) is 71.2 Å². The molecule has 4 heterocycles. The van der Waals surface area contributed by atoms with Crippen LogP contribution in [0.25, 0.3) is 16.6 Å². The number of hydrogen-bond donors (Lipinski definition) is 0. The molecule has 0 amide bonds. The molecule has 3 unspecified atom stereocenters. The molecule has 0 bridgehead atoms. The fraction of sp³-hybridized carbons (Fsp3) is 0.368. The molecule has 9 rings (SSSR count). The topological polar surface area (TPSA) is 8.17 Å². The number of anilines is 2. The number of hydrogen-bond acceptors (Lipinski definition) is 1. The van der Waals surface area contributed by atoms with Crippen LogP contribution in [-0.4, -0.2) is 16.8 Å². The summed E-state index contributed by atoms with van der Waals surface area (Å²) in [5, 5.41) is 1.44. The molecule has 41 heavy (non-hydrogen) atoms. The maximum absolute atomic E-state index is 2.83. The lowest BCUT2D eigenvalue weighted by atomic mass is 9.33. The van der Waals surface area contributed by atoms with Crippen molar-refractivity contribution in [2.24, 2.45) is 0 Å². The standard InChI is InChI=1S/C38H39BN2/c1-36(2,3)31-25-16-11-18-27-34(25)40(33(31)24-14-7-6-8-15-24)29-20-13-21-30-32(29)39(27)28-19-12-17-26-35(28)41(30)38(5)23-10-9-22-37(26,38)4/h6-8,11-14,16-21,24H,9-10,15,22-23H2,1-5H3. The van der Waals surface area contributed by atoms with E-state index in [0.717, 1.165) is 6.42 Å². The van der Waals surface area contributed by atoms with E-state index in [9.17, 15) is 0 Å². The quantitative estimate of drug-likeness (QED) is 0.203. The Kier molecular flexibility index (Phi) is 4.53. The van der Waals surface area contributed by atoms with Crippen LogP contribution in [0.15, 0.2) is 78.9 Å². The normalized spacial score (nSPS) is 26.8. The summed E-state index contributed by atoms with van der Waals surface area (Å²) in [6.45, 7) is 12.6. The van der Waals surface area contributed by atoms with Crippen LogP contribution in [0.3, 0.4) is 0 Å². The Balaban J connectivity index is 1.44. The first-order valence-electron chi connectivity index (χ1n) is 15.8. The Labute approximate surface area is 244 Å². The van der Waals surface area contributed by atoms with Crippen LogP contribution in [-0.2, 0) is 10.8 Å². The van der Waals surface area contributed by atoms with Crippen LogP contribution in [0.5, 0.6) is 0 Å². The smallest absolute Gasteiger partial charge is 0.252 e. The average molecular weight is 535 g/mol. The highest BCUT2D eigenvalue weighted by molar-refractivity contribution is 7.00. The van der Waals surface area contributed by atoms with Gasteiger partial charge >= 0.3 is 0 Å². The molecule has 1 saturated carbocycles. The minimum absolute atomic E-state index is 0.0319. The van der Waals surface area contributed by atoms with E-state index in [-0.39, 0.29) is 23.1 Å². The fourth-order valence-corrected chi connectivity index (χ4v) is 9.89. The molecule has 2 nitrogen and oxygen atoms in total. The first-order valence-corrected chi connectivity index (χ1v) is 15.8. The van der Waals surface area contributed by atoms with E-state index in [1.54, 1.807) is 5.56 Å². The van der Waals surface area contributed by atoms with Gasteiger partial charge in [0.2, 0.25) is 0 Å². The van der Waals surface area contributed by atoms with Gasteiger partial charge < -0.3 is 9.47 Å². The zero-order valence-corrected chi connectivity index (χ0v) is 25.1. The minimum Gasteiger partial charge on any atom is -0.335 e. The van der Waals surface area contributed by atoms with E-state index >= 15 is 0 Å². The molecule has 3 atom stereocenters. The average Bonchev–Trinajstić information content (AvgIpc) is 3.43. The van der Waals surface area contributed by atoms with Gasteiger partial charge in [0.15, 0.2) is 0 Å². The third-order valence-electron chi connectivity index (χ3n) is 11.7. The van der Waals surface area contributed by atoms with Gasteiger partial charge in [-0.1, -0.05) is 107 Å². The van der Waals surface area contributed by atoms with Crippen LogP contribution < -0.4 is 21.3 Å². The zero-order valence-electron chi connectivity index (χ0n) is 25.1. The number of rotatable bonds is 1. The Morgan fingerprint density at radius 1 is 0.854 bits per heavy atom. The first-order chi connectivity index (χ1) is 19.8. The van der Waals surface area contributed by atoms with E-state index < -0.39 is 0 Å². The number of fused-ring (bicyclic) bond motifs is 7. The van der Waals surface area contributed by atoms with Crippen molar-refractivity contribution in [3.8, 4) is 5.69 Å². The first kappa shape index (κ1) is 24.2. The van der Waals surface area contributed by atoms with E-state index in [2.05, 4.69) is 123 Å². The molecule has 0 N–H and O–H groups in total. The largest absolute Gasteiger partial charge is 0.335 e. The highest BCUT2D eigenvalue weighted by atomic mass is 15.3. The van der Waals surface area contributed by atoms with Crippen LogP contribution in [0.4, 0.5) is 11.4 Å². The second-order valence-corrected chi connectivity index (χ2v) is 14.8. The van der Waals surface area contributed by atoms with Gasteiger partial charge in [0.05, 0.1) is 5.54 Å². The van der Waals surface area contributed by atoms with E-state index in [4.69, 9.17) is 0 Å². The highest BCUT2D eigenvalue weighted by Crippen LogP contribution is 2.61. The summed E-state index contributed by atoms with van der Waals surface area (Å²) in [6, 6.07) is 21.7. The molecule has 1 aromatic heterocycles. The number of aromatic nitrogens is 1. The van der Waals surface area contributed by atoms with Crippen molar-refractivity contribution in [2.45, 2.75) is 89.0 Å². The van der Waals surface area contributed by atoms with E-state index in [0.29, 0.717) is 5.92 Å². The predicted molar refractivity (Wildman–Crippen MR) is 175 cm³/mol. The summed E-state index contributed by atoms with van der Waals surface area (Å²) < 4.78 is 2.71. The van der Waals surface area contributed by atoms with Crippen LogP contribution in [0, 0.1) is 0 Å². The third-order valence-corrected chi connectivity index (χ3v) is 11.7. The van der Waals surface area contributed by atoms with Crippen molar-refractivity contribution in [2.75, 3.05) is 4.90 Å². The predicted octanol–water partition coefficient (Wildman–Crippen LogP) is 7.41. The van der Waals surface area contributed by atoms with E-state index in [1.807, 2.05) is 0 Å². The molecule has 0 radical (unpaired) electrons. The highest BCUT2D eigenvalue weighted by Gasteiger charge is 2.61. The molecule has 0 spiro atoms. The second kappa shape index (κ2) is 7.68. The zero-order chi connectivity index (χ0) is 27.9. The van der Waals surface area contributed by atoms with Gasteiger partial charge in [0, 0.05) is 45.0 Å². The Morgan fingerprint density at radius 3 is 2.41 bits per heavy atom. The van der Waals surface area contributed by atoms with Gasteiger partial charge in [-0.3, -0.25) is 0 Å². The molecular formula is C38H39BN2. The lowest BCUT2D eigenvalue weighted by Gasteiger charge is -2.52. The molecule has 204 valence electrons. The van der Waals surface area contributed by atoms with Crippen molar-refractivity contribution in [3.05, 3.63) is 95.7 Å². The molecule has 3 aromatic carbocycles. The summed E-state index contributed by atoms with van der Waals surface area (Å²) in [5.74, 6) is 0.371. The third kappa shape index (κ3) is 2.72. The van der Waals surface area contributed by atoms with Crippen LogP contribution in [0.2, 0.25) is 0 Å². The molecule has 2 aliphatic carbocycles. The van der Waals surface area contributed by atoms with Crippen LogP contribution in [0.1, 0.15) is 89.5 Å². The lowest BCUT2D eigenvalue weighted by Crippen LogP contribution is -2.64. The summed E-state index contributed by atoms with van der Waals surface area (Å²) in [5.41, 5.74) is 15.2. The Morgan fingerprint density at radius 2 is 1.61 bits per heavy atom. The minimum atomic E-state index is 0.0319. The maximum Gasteiger partial charge on any atom is 0.252 e. The summed E-state index contributed by atoms with van der Waals surface area (Å²) in [4.78, 5) is 2.83. The van der Waals surface area contributed by atoms with Crippen molar-refractivity contribution in [3.63, 3.8) is 0 Å². The molecule has 3 aliphatic heterocycles. The SMILES string of the molecule is CC(C)(C)c1c(C2C=CC=CC2)n2c3c(cccc13)B1c3cccc4c3N(c3cccc-2c31)C1(C)CCCCC41C. The fourth-order valence-electron chi connectivity index (χ4n) is 9.89. The van der Waals surface area contributed by atoms with Crippen molar-refractivity contribution < 1.29 is 0 Å². The number of benzene rings is 3. The second-order valence-electron chi connectivity index (χ2n) is 14.8. The maximum atomic E-state index is 2.83. The van der Waals surface area contributed by atoms with Gasteiger partial charge in [-0.2, -0.15) is 0 Å². The molecule has 5 aliphatic rings. The monoisotopic (exact) mass is 534 g/mol. The number of allylic oxidation sites excluding steroid dienone is 4. The summed E-state index contributed by atoms with van der Waals surface area (Å²) >= 11 is 0. The Bertz CT molecular complexity index is 1870. The van der Waals surface area contributed by atoms with Gasteiger partial charge in [0.1, 0.15) is 0 Å². The summed E-state index contributed by atoms with van der Waals surface area (Å²) in [7, 11) is 0. The molecule has 3 heteroatoms. The van der Waals surface area contributed by atoms with Crippen molar-refractivity contribution in [1.29, 1.82) is 0 Å². The number of nitrogens with zero attached hydrogens (tertiary/aromatic N) is 2.